The van der Waals surface area contributed by atoms with E-state index in [-0.39, 0.29) is 11.4 Å². The van der Waals surface area contributed by atoms with Crippen molar-refractivity contribution in [2.45, 2.75) is 26.2 Å². The van der Waals surface area contributed by atoms with Gasteiger partial charge in [0, 0.05) is 0 Å². The van der Waals surface area contributed by atoms with Crippen LogP contribution in [0.3, 0.4) is 0 Å². The largest absolute Gasteiger partial charge is 0.456 e. The minimum Gasteiger partial charge on any atom is -0.456 e. The van der Waals surface area contributed by atoms with Crippen molar-refractivity contribution in [2.75, 3.05) is 34.3 Å². The average molecular weight is 264 g/mol. The van der Waals surface area contributed by atoms with Crippen LogP contribution in [0.25, 0.3) is 0 Å². The zero-order valence-electron chi connectivity index (χ0n) is 13.0. The molecule has 3 heteroatoms. The number of hydrogen-bond acceptors (Lipinski definition) is 2. The quantitative estimate of drug-likeness (QED) is 0.617. The number of likely N-dealkylation sites (N-methyl/N-ethyl adjacent to an activating group) is 1. The number of carbonyl (C=O) groups is 1. The molecule has 0 spiro atoms. The first-order chi connectivity index (χ1) is 8.61. The second-order valence-electron chi connectivity index (χ2n) is 6.95. The van der Waals surface area contributed by atoms with Gasteiger partial charge in [0.25, 0.3) is 0 Å². The molecule has 3 nitrogen and oxygen atoms in total. The molecule has 19 heavy (non-hydrogen) atoms. The molecule has 0 fully saturated rings. The zero-order valence-corrected chi connectivity index (χ0v) is 13.0. The Morgan fingerprint density at radius 3 is 2.26 bits per heavy atom. The number of rotatable bonds is 4. The Kier molecular flexibility index (Phi) is 4.75. The van der Waals surface area contributed by atoms with E-state index in [0.29, 0.717) is 12.2 Å². The van der Waals surface area contributed by atoms with Gasteiger partial charge in [-0.15, -0.1) is 0 Å². The van der Waals surface area contributed by atoms with E-state index in [2.05, 4.69) is 41.9 Å². The Balaban J connectivity index is 2.78. The lowest BCUT2D eigenvalue weighted by molar-refractivity contribution is -0.870. The molecule has 0 aliphatic carbocycles. The summed E-state index contributed by atoms with van der Waals surface area (Å²) in [6, 6.07) is 7.68. The average Bonchev–Trinajstić information content (AvgIpc) is 2.26. The summed E-state index contributed by atoms with van der Waals surface area (Å²) in [5, 5.41) is 0. The molecule has 0 radical (unpaired) electrons. The molecule has 0 unspecified atom stereocenters. The topological polar surface area (TPSA) is 26.3 Å². The van der Waals surface area contributed by atoms with Crippen LogP contribution in [0.2, 0.25) is 0 Å². The predicted octanol–water partition coefficient (Wildman–Crippen LogP) is 2.85. The Bertz CT molecular complexity index is 439. The van der Waals surface area contributed by atoms with Crippen molar-refractivity contribution in [2.24, 2.45) is 0 Å². The Morgan fingerprint density at radius 1 is 1.16 bits per heavy atom. The molecule has 1 aromatic rings. The molecule has 0 aliphatic heterocycles. The Labute approximate surface area is 116 Å². The summed E-state index contributed by atoms with van der Waals surface area (Å²) < 4.78 is 6.17. The number of carbonyl (C=O) groups excluding carboxylic acids is 1. The third-order valence-electron chi connectivity index (χ3n) is 2.95. The normalized spacial score (nSPS) is 12.3. The number of nitrogens with zero attached hydrogens (tertiary/aromatic N) is 1. The SMILES string of the molecule is CC(C)(C)c1ccccc1C(=O)OCC[N+](C)(C)C. The first-order valence-electron chi connectivity index (χ1n) is 6.68. The highest BCUT2D eigenvalue weighted by Gasteiger charge is 2.22. The minimum atomic E-state index is -0.223. The van der Waals surface area contributed by atoms with Gasteiger partial charge in [-0.25, -0.2) is 4.79 Å². The summed E-state index contributed by atoms with van der Waals surface area (Å²) in [7, 11) is 6.24. The molecule has 0 atom stereocenters. The van der Waals surface area contributed by atoms with Gasteiger partial charge in [0.2, 0.25) is 0 Å². The predicted molar refractivity (Wildman–Crippen MR) is 78.3 cm³/mol. The fourth-order valence-electron chi connectivity index (χ4n) is 1.81. The van der Waals surface area contributed by atoms with Crippen molar-refractivity contribution in [3.05, 3.63) is 35.4 Å². The van der Waals surface area contributed by atoms with E-state index in [4.69, 9.17) is 4.74 Å². The van der Waals surface area contributed by atoms with Gasteiger partial charge in [-0.1, -0.05) is 39.0 Å². The molecule has 0 aliphatic rings. The Morgan fingerprint density at radius 2 is 1.74 bits per heavy atom. The monoisotopic (exact) mass is 264 g/mol. The number of ether oxygens (including phenoxy) is 1. The van der Waals surface area contributed by atoms with Crippen molar-refractivity contribution in [1.29, 1.82) is 0 Å². The van der Waals surface area contributed by atoms with Gasteiger partial charge >= 0.3 is 5.97 Å². The summed E-state index contributed by atoms with van der Waals surface area (Å²) in [4.78, 5) is 12.2. The first-order valence-corrected chi connectivity index (χ1v) is 6.68. The van der Waals surface area contributed by atoms with Crippen LogP contribution in [0.5, 0.6) is 0 Å². The van der Waals surface area contributed by atoms with Gasteiger partial charge in [0.05, 0.1) is 26.7 Å². The second-order valence-corrected chi connectivity index (χ2v) is 6.95. The molecule has 1 rings (SSSR count). The minimum absolute atomic E-state index is 0.0598. The molecule has 0 bridgehead atoms. The van der Waals surface area contributed by atoms with Gasteiger partial charge in [-0.2, -0.15) is 0 Å². The Hall–Kier alpha value is -1.35. The highest BCUT2D eigenvalue weighted by atomic mass is 16.5. The fraction of sp³-hybridized carbons (Fsp3) is 0.562. The van der Waals surface area contributed by atoms with E-state index in [1.54, 1.807) is 0 Å². The summed E-state index contributed by atoms with van der Waals surface area (Å²) in [6.45, 7) is 7.56. The fourth-order valence-corrected chi connectivity index (χ4v) is 1.81. The maximum Gasteiger partial charge on any atom is 0.338 e. The maximum absolute atomic E-state index is 12.2. The van der Waals surface area contributed by atoms with E-state index in [9.17, 15) is 4.79 Å². The van der Waals surface area contributed by atoms with Gasteiger partial charge in [-0.05, 0) is 17.0 Å². The molecular weight excluding hydrogens is 238 g/mol. The molecule has 0 heterocycles. The van der Waals surface area contributed by atoms with E-state index in [1.165, 1.54) is 0 Å². The second kappa shape index (κ2) is 5.74. The third-order valence-corrected chi connectivity index (χ3v) is 2.95. The smallest absolute Gasteiger partial charge is 0.338 e. The number of esters is 1. The van der Waals surface area contributed by atoms with Gasteiger partial charge in [0.15, 0.2) is 0 Å². The molecule has 0 N–H and O–H groups in total. The molecule has 106 valence electrons. The standard InChI is InChI=1S/C16H26NO2/c1-16(2,3)14-10-8-7-9-13(14)15(18)19-12-11-17(4,5)6/h7-10H,11-12H2,1-6H3/q+1. The van der Waals surface area contributed by atoms with Crippen LogP contribution >= 0.6 is 0 Å². The summed E-state index contributed by atoms with van der Waals surface area (Å²) in [5.74, 6) is -0.223. The molecule has 0 saturated heterocycles. The van der Waals surface area contributed by atoms with Crippen molar-refractivity contribution in [3.63, 3.8) is 0 Å². The molecule has 1 aromatic carbocycles. The van der Waals surface area contributed by atoms with Gasteiger partial charge in [0.1, 0.15) is 13.2 Å². The maximum atomic E-state index is 12.2. The van der Waals surface area contributed by atoms with E-state index < -0.39 is 0 Å². The van der Waals surface area contributed by atoms with Crippen LogP contribution in [0.1, 0.15) is 36.7 Å². The van der Waals surface area contributed by atoms with Crippen LogP contribution < -0.4 is 0 Å². The van der Waals surface area contributed by atoms with Crippen LogP contribution in [0, 0.1) is 0 Å². The summed E-state index contributed by atoms with van der Waals surface area (Å²) >= 11 is 0. The van der Waals surface area contributed by atoms with Crippen molar-refractivity contribution in [3.8, 4) is 0 Å². The van der Waals surface area contributed by atoms with Crippen LogP contribution in [-0.2, 0) is 10.2 Å². The number of quaternary nitrogens is 1. The van der Waals surface area contributed by atoms with Crippen molar-refractivity contribution in [1.82, 2.24) is 0 Å². The number of hydrogen-bond donors (Lipinski definition) is 0. The van der Waals surface area contributed by atoms with E-state index >= 15 is 0 Å². The molecule has 0 amide bonds. The summed E-state index contributed by atoms with van der Waals surface area (Å²) in [5.41, 5.74) is 1.65. The first kappa shape index (κ1) is 15.7. The van der Waals surface area contributed by atoms with Gasteiger partial charge < -0.3 is 9.22 Å². The zero-order chi connectivity index (χ0) is 14.7. The van der Waals surface area contributed by atoms with Crippen molar-refractivity contribution < 1.29 is 14.0 Å². The molecule has 0 aromatic heterocycles. The van der Waals surface area contributed by atoms with Crippen LogP contribution in [0.4, 0.5) is 0 Å². The lowest BCUT2D eigenvalue weighted by Crippen LogP contribution is -2.38. The lowest BCUT2D eigenvalue weighted by atomic mass is 9.84. The highest BCUT2D eigenvalue weighted by Crippen LogP contribution is 2.26. The molecule has 0 saturated carbocycles. The van der Waals surface area contributed by atoms with Crippen molar-refractivity contribution >= 4 is 5.97 Å². The van der Waals surface area contributed by atoms with E-state index in [1.807, 2.05) is 24.3 Å². The summed E-state index contributed by atoms with van der Waals surface area (Å²) in [6.07, 6.45) is 0. The van der Waals surface area contributed by atoms with Crippen LogP contribution in [-0.4, -0.2) is 44.7 Å². The highest BCUT2D eigenvalue weighted by molar-refractivity contribution is 5.91. The van der Waals surface area contributed by atoms with Crippen LogP contribution in [0.15, 0.2) is 24.3 Å². The van der Waals surface area contributed by atoms with E-state index in [0.717, 1.165) is 16.6 Å². The number of benzene rings is 1. The molecular formula is C16H26NO2+. The lowest BCUT2D eigenvalue weighted by Gasteiger charge is -2.24. The van der Waals surface area contributed by atoms with Gasteiger partial charge in [-0.3, -0.25) is 0 Å². The third kappa shape index (κ3) is 5.03.